The van der Waals surface area contributed by atoms with Crippen LogP contribution in [0, 0.1) is 11.8 Å². The van der Waals surface area contributed by atoms with Gasteiger partial charge in [0.2, 0.25) is 10.0 Å². The second-order valence-corrected chi connectivity index (χ2v) is 14.8. The molecule has 256 valence electrons. The lowest BCUT2D eigenvalue weighted by molar-refractivity contribution is -0.0907. The van der Waals surface area contributed by atoms with Crippen molar-refractivity contribution < 1.29 is 32.5 Å². The predicted octanol–water partition coefficient (Wildman–Crippen LogP) is 3.78. The van der Waals surface area contributed by atoms with Gasteiger partial charge in [0.25, 0.3) is 0 Å². The lowest BCUT2D eigenvalue weighted by Gasteiger charge is -2.31. The summed E-state index contributed by atoms with van der Waals surface area (Å²) < 4.78 is 48.6. The number of aromatic nitrogens is 3. The highest BCUT2D eigenvalue weighted by atomic mass is 32.2. The summed E-state index contributed by atoms with van der Waals surface area (Å²) >= 11 is 0. The van der Waals surface area contributed by atoms with Crippen molar-refractivity contribution in [3.63, 3.8) is 0 Å². The largest absolute Gasteiger partial charge is 0.443 e. The third-order valence-corrected chi connectivity index (χ3v) is 10.7. The number of carbonyl (C=O) groups is 1. The van der Waals surface area contributed by atoms with Crippen LogP contribution >= 0.6 is 0 Å². The zero-order valence-corrected chi connectivity index (χ0v) is 28.0. The Morgan fingerprint density at radius 1 is 1.08 bits per heavy atom. The molecule has 2 N–H and O–H groups in total. The molecule has 2 aliphatic rings. The van der Waals surface area contributed by atoms with Gasteiger partial charge in [0.05, 0.1) is 53.5 Å². The van der Waals surface area contributed by atoms with E-state index in [9.17, 15) is 18.3 Å². The van der Waals surface area contributed by atoms with Gasteiger partial charge in [0.1, 0.15) is 6.10 Å². The Hall–Kier alpha value is -3.88. The molecular weight excluding hydrogens is 634 g/mol. The molecule has 6 rings (SSSR count). The van der Waals surface area contributed by atoms with Crippen LogP contribution in [0.5, 0.6) is 0 Å². The first kappa shape index (κ1) is 34.0. The Bertz CT molecular complexity index is 1770. The van der Waals surface area contributed by atoms with Crippen molar-refractivity contribution in [2.24, 2.45) is 11.8 Å². The van der Waals surface area contributed by atoms with Gasteiger partial charge < -0.3 is 29.2 Å². The normalized spacial score (nSPS) is 20.6. The van der Waals surface area contributed by atoms with Crippen LogP contribution in [0.2, 0.25) is 0 Å². The molecule has 4 heterocycles. The Kier molecular flexibility index (Phi) is 10.7. The van der Waals surface area contributed by atoms with Gasteiger partial charge in [-0.1, -0.05) is 50.2 Å². The molecule has 0 radical (unpaired) electrons. The molecule has 2 aromatic heterocycles. The van der Waals surface area contributed by atoms with Crippen molar-refractivity contribution in [2.75, 3.05) is 26.3 Å². The number of imidazole rings is 1. The molecule has 4 aromatic rings. The molecule has 0 bridgehead atoms. The summed E-state index contributed by atoms with van der Waals surface area (Å²) in [6, 6.07) is 19.2. The van der Waals surface area contributed by atoms with E-state index in [-0.39, 0.29) is 49.1 Å². The number of amides is 1. The maximum Gasteiger partial charge on any atom is 0.407 e. The average molecular weight is 678 g/mol. The van der Waals surface area contributed by atoms with E-state index in [4.69, 9.17) is 14.2 Å². The summed E-state index contributed by atoms with van der Waals surface area (Å²) in [6.45, 7) is 5.14. The SMILES string of the molecule is CC(C)CN(C[C@@H](O)[C@H](Cc1ccccc1)NC(=O)OC1COC2OCCC12)S(=O)(=O)c1ccc2ncn(CCc3ccccn3)c2c1. The van der Waals surface area contributed by atoms with E-state index in [2.05, 4.69) is 15.3 Å². The fraction of sp³-hybridized carbons (Fsp3) is 0.457. The lowest BCUT2D eigenvalue weighted by Crippen LogP contribution is -2.51. The number of hydrogen-bond donors (Lipinski definition) is 2. The summed E-state index contributed by atoms with van der Waals surface area (Å²) in [6.07, 6.45) is 2.34. The first-order chi connectivity index (χ1) is 23.2. The number of pyridine rings is 1. The maximum absolute atomic E-state index is 14.2. The van der Waals surface area contributed by atoms with Gasteiger partial charge in [-0.15, -0.1) is 0 Å². The zero-order valence-electron chi connectivity index (χ0n) is 27.2. The van der Waals surface area contributed by atoms with Gasteiger partial charge >= 0.3 is 6.09 Å². The second kappa shape index (κ2) is 15.1. The molecular formula is C35H43N5O7S. The molecule has 2 aromatic carbocycles. The van der Waals surface area contributed by atoms with Crippen LogP contribution < -0.4 is 5.32 Å². The molecule has 3 unspecified atom stereocenters. The van der Waals surface area contributed by atoms with E-state index in [1.54, 1.807) is 30.7 Å². The Morgan fingerprint density at radius 3 is 2.67 bits per heavy atom. The highest BCUT2D eigenvalue weighted by Gasteiger charge is 2.44. The van der Waals surface area contributed by atoms with Crippen molar-refractivity contribution in [3.05, 3.63) is 90.5 Å². The number of hydrogen-bond acceptors (Lipinski definition) is 9. The molecule has 1 amide bonds. The number of alkyl carbamates (subject to hydrolysis) is 1. The average Bonchev–Trinajstić information content (AvgIpc) is 3.81. The number of aryl methyl sites for hydroxylation is 2. The number of fused-ring (bicyclic) bond motifs is 2. The van der Waals surface area contributed by atoms with Crippen LogP contribution in [-0.4, -0.2) is 89.3 Å². The number of aliphatic hydroxyl groups is 1. The highest BCUT2D eigenvalue weighted by Crippen LogP contribution is 2.33. The van der Waals surface area contributed by atoms with Crippen molar-refractivity contribution in [1.82, 2.24) is 24.2 Å². The van der Waals surface area contributed by atoms with E-state index >= 15 is 0 Å². The molecule has 48 heavy (non-hydrogen) atoms. The molecule has 0 spiro atoms. The molecule has 5 atom stereocenters. The molecule has 12 nitrogen and oxygen atoms in total. The summed E-state index contributed by atoms with van der Waals surface area (Å²) in [7, 11) is -4.06. The fourth-order valence-corrected chi connectivity index (χ4v) is 7.98. The predicted molar refractivity (Wildman–Crippen MR) is 178 cm³/mol. The number of ether oxygens (including phenoxy) is 3. The number of nitrogens with one attached hydrogen (secondary N) is 1. The summed E-state index contributed by atoms with van der Waals surface area (Å²) in [5.41, 5.74) is 3.17. The van der Waals surface area contributed by atoms with E-state index in [0.29, 0.717) is 30.6 Å². The molecule has 2 aliphatic heterocycles. The third-order valence-electron chi connectivity index (χ3n) is 8.83. The third kappa shape index (κ3) is 8.04. The standard InChI is InChI=1S/C35H43N5O7S/c1-24(2)20-40(48(43,44)27-11-12-29-31(19-27)39(23-37-29)16-13-26-10-6-7-15-36-26)21-32(41)30(18-25-8-4-3-5-9-25)38-35(42)47-33-22-46-34-28(33)14-17-45-34/h3-12,15,19,23-24,28,30,32-34,41H,13-14,16-18,20-22H2,1-2H3,(H,38,42)/t28?,30-,32+,33?,34?/m0/s1. The van der Waals surface area contributed by atoms with Gasteiger partial charge in [0.15, 0.2) is 6.29 Å². The van der Waals surface area contributed by atoms with Crippen LogP contribution in [0.3, 0.4) is 0 Å². The minimum Gasteiger partial charge on any atom is -0.443 e. The van der Waals surface area contributed by atoms with Crippen LogP contribution in [0.1, 0.15) is 31.5 Å². The summed E-state index contributed by atoms with van der Waals surface area (Å²) in [5.74, 6) is -0.0716. The Morgan fingerprint density at radius 2 is 1.90 bits per heavy atom. The number of benzene rings is 2. The van der Waals surface area contributed by atoms with Crippen LogP contribution in [0.15, 0.2) is 84.1 Å². The molecule has 13 heteroatoms. The fourth-order valence-electron chi connectivity index (χ4n) is 6.34. The van der Waals surface area contributed by atoms with E-state index in [1.165, 1.54) is 4.31 Å². The number of rotatable bonds is 14. The number of nitrogens with zero attached hydrogens (tertiary/aromatic N) is 4. The van der Waals surface area contributed by atoms with Gasteiger partial charge in [-0.05, 0) is 54.7 Å². The minimum atomic E-state index is -4.06. The van der Waals surface area contributed by atoms with E-state index in [1.807, 2.05) is 66.9 Å². The minimum absolute atomic E-state index is 0.0333. The zero-order chi connectivity index (χ0) is 33.7. The number of carbonyl (C=O) groups excluding carboxylic acids is 1. The molecule has 2 saturated heterocycles. The van der Waals surface area contributed by atoms with Crippen LogP contribution in [0.4, 0.5) is 4.79 Å². The molecule has 0 saturated carbocycles. The topological polar surface area (TPSA) is 145 Å². The van der Waals surface area contributed by atoms with Crippen molar-refractivity contribution in [1.29, 1.82) is 0 Å². The summed E-state index contributed by atoms with van der Waals surface area (Å²) in [5, 5.41) is 14.5. The van der Waals surface area contributed by atoms with Gasteiger partial charge in [0, 0.05) is 37.9 Å². The first-order valence-electron chi connectivity index (χ1n) is 16.4. The van der Waals surface area contributed by atoms with Crippen molar-refractivity contribution >= 4 is 27.1 Å². The van der Waals surface area contributed by atoms with Crippen LogP contribution in [-0.2, 0) is 43.6 Å². The molecule has 2 fully saturated rings. The maximum atomic E-state index is 14.2. The van der Waals surface area contributed by atoms with Crippen molar-refractivity contribution in [2.45, 2.75) is 69.1 Å². The van der Waals surface area contributed by atoms with Gasteiger partial charge in [-0.2, -0.15) is 4.31 Å². The van der Waals surface area contributed by atoms with Crippen molar-refractivity contribution in [3.8, 4) is 0 Å². The lowest BCUT2D eigenvalue weighted by atomic mass is 10.0. The van der Waals surface area contributed by atoms with Crippen LogP contribution in [0.25, 0.3) is 11.0 Å². The first-order valence-corrected chi connectivity index (χ1v) is 17.9. The second-order valence-electron chi connectivity index (χ2n) is 12.9. The Labute approximate surface area is 281 Å². The summed E-state index contributed by atoms with van der Waals surface area (Å²) in [4.78, 5) is 22.1. The monoisotopic (exact) mass is 677 g/mol. The highest BCUT2D eigenvalue weighted by molar-refractivity contribution is 7.89. The molecule has 0 aliphatic carbocycles. The quantitative estimate of drug-likeness (QED) is 0.204. The van der Waals surface area contributed by atoms with E-state index in [0.717, 1.165) is 17.7 Å². The Balaban J connectivity index is 1.21. The van der Waals surface area contributed by atoms with E-state index < -0.39 is 34.4 Å². The van der Waals surface area contributed by atoms with Gasteiger partial charge in [-0.3, -0.25) is 4.98 Å². The van der Waals surface area contributed by atoms with Gasteiger partial charge in [-0.25, -0.2) is 18.2 Å². The number of sulfonamides is 1. The smallest absolute Gasteiger partial charge is 0.407 e. The number of aliphatic hydroxyl groups excluding tert-OH is 1.